The van der Waals surface area contributed by atoms with Crippen LogP contribution in [0.3, 0.4) is 0 Å². The molecular formula is C9H15F3N2O. The number of hydrogen-bond acceptors (Lipinski definition) is 2. The third-order valence-corrected chi connectivity index (χ3v) is 2.70. The van der Waals surface area contributed by atoms with Gasteiger partial charge < -0.3 is 5.32 Å². The Morgan fingerprint density at radius 3 is 2.67 bits per heavy atom. The number of alkyl halides is 3. The van der Waals surface area contributed by atoms with Crippen LogP contribution in [0.15, 0.2) is 0 Å². The van der Waals surface area contributed by atoms with E-state index in [2.05, 4.69) is 5.32 Å². The second kappa shape index (κ2) is 4.83. The van der Waals surface area contributed by atoms with Gasteiger partial charge in [0.15, 0.2) is 0 Å². The number of carbonyl (C=O) groups is 1. The van der Waals surface area contributed by atoms with E-state index in [4.69, 9.17) is 0 Å². The first kappa shape index (κ1) is 12.3. The summed E-state index contributed by atoms with van der Waals surface area (Å²) in [5.41, 5.74) is 0. The Labute approximate surface area is 86.6 Å². The van der Waals surface area contributed by atoms with Gasteiger partial charge in [-0.2, -0.15) is 13.2 Å². The molecule has 88 valence electrons. The van der Waals surface area contributed by atoms with Crippen LogP contribution < -0.4 is 5.32 Å². The summed E-state index contributed by atoms with van der Waals surface area (Å²) in [4.78, 5) is 11.6. The van der Waals surface area contributed by atoms with Gasteiger partial charge >= 0.3 is 6.18 Å². The molecule has 1 aliphatic heterocycles. The Balaban J connectivity index is 2.49. The average molecular weight is 224 g/mol. The molecule has 2 atom stereocenters. The highest BCUT2D eigenvalue weighted by Gasteiger charge is 2.35. The fourth-order valence-corrected chi connectivity index (χ4v) is 1.86. The molecule has 0 aromatic carbocycles. The molecule has 0 radical (unpaired) electrons. The molecule has 1 saturated heterocycles. The third kappa shape index (κ3) is 4.07. The Morgan fingerprint density at radius 1 is 1.47 bits per heavy atom. The van der Waals surface area contributed by atoms with E-state index in [0.717, 1.165) is 6.42 Å². The second-order valence-corrected chi connectivity index (χ2v) is 3.95. The minimum Gasteiger partial charge on any atom is -0.355 e. The van der Waals surface area contributed by atoms with Gasteiger partial charge in [-0.15, -0.1) is 0 Å². The standard InChI is InChI=1S/C9H15F3N2O/c1-7-2-3-8(13-6-15)4-14(7)5-9(10,11)12/h6-8H,2-5H2,1H3,(H,13,15). The van der Waals surface area contributed by atoms with Crippen LogP contribution in [-0.4, -0.2) is 42.7 Å². The van der Waals surface area contributed by atoms with Gasteiger partial charge in [-0.3, -0.25) is 9.69 Å². The van der Waals surface area contributed by atoms with E-state index in [1.54, 1.807) is 6.92 Å². The smallest absolute Gasteiger partial charge is 0.355 e. The van der Waals surface area contributed by atoms with Crippen molar-refractivity contribution in [1.82, 2.24) is 10.2 Å². The summed E-state index contributed by atoms with van der Waals surface area (Å²) in [6.07, 6.45) is -2.19. The zero-order valence-corrected chi connectivity index (χ0v) is 8.55. The van der Waals surface area contributed by atoms with Gasteiger partial charge in [-0.05, 0) is 19.8 Å². The van der Waals surface area contributed by atoms with Crippen LogP contribution in [0, 0.1) is 0 Å². The molecule has 1 heterocycles. The highest BCUT2D eigenvalue weighted by molar-refractivity contribution is 5.46. The van der Waals surface area contributed by atoms with Crippen molar-refractivity contribution >= 4 is 6.41 Å². The van der Waals surface area contributed by atoms with Crippen molar-refractivity contribution in [3.8, 4) is 0 Å². The normalized spacial score (nSPS) is 28.8. The van der Waals surface area contributed by atoms with E-state index in [9.17, 15) is 18.0 Å². The maximum absolute atomic E-state index is 12.2. The number of rotatable bonds is 3. The number of nitrogens with one attached hydrogen (secondary N) is 1. The van der Waals surface area contributed by atoms with Crippen molar-refractivity contribution in [2.75, 3.05) is 13.1 Å². The van der Waals surface area contributed by atoms with E-state index in [0.29, 0.717) is 12.8 Å². The number of carbonyl (C=O) groups excluding carboxylic acids is 1. The van der Waals surface area contributed by atoms with Crippen LogP contribution in [0.2, 0.25) is 0 Å². The summed E-state index contributed by atoms with van der Waals surface area (Å²) in [6.45, 7) is 1.16. The van der Waals surface area contributed by atoms with Gasteiger partial charge in [0.2, 0.25) is 6.41 Å². The number of piperidine rings is 1. The molecule has 0 saturated carbocycles. The van der Waals surface area contributed by atoms with E-state index in [1.807, 2.05) is 0 Å². The first-order chi connectivity index (χ1) is 6.92. The monoisotopic (exact) mass is 224 g/mol. The summed E-state index contributed by atoms with van der Waals surface area (Å²) in [7, 11) is 0. The lowest BCUT2D eigenvalue weighted by molar-refractivity contribution is -0.153. The zero-order valence-electron chi connectivity index (χ0n) is 8.55. The lowest BCUT2D eigenvalue weighted by Gasteiger charge is -2.37. The molecule has 3 nitrogen and oxygen atoms in total. The Morgan fingerprint density at radius 2 is 2.13 bits per heavy atom. The SMILES string of the molecule is CC1CCC(NC=O)CN1CC(F)(F)F. The highest BCUT2D eigenvalue weighted by atomic mass is 19.4. The topological polar surface area (TPSA) is 32.3 Å². The molecule has 1 amide bonds. The van der Waals surface area contributed by atoms with Crippen LogP contribution in [-0.2, 0) is 4.79 Å². The molecule has 0 bridgehead atoms. The molecule has 2 unspecified atom stereocenters. The summed E-state index contributed by atoms with van der Waals surface area (Å²) in [5.74, 6) is 0. The van der Waals surface area contributed by atoms with Crippen LogP contribution >= 0.6 is 0 Å². The van der Waals surface area contributed by atoms with E-state index in [1.165, 1.54) is 4.90 Å². The number of likely N-dealkylation sites (tertiary alicyclic amines) is 1. The lowest BCUT2D eigenvalue weighted by Crippen LogP contribution is -2.51. The van der Waals surface area contributed by atoms with Crippen molar-refractivity contribution in [1.29, 1.82) is 0 Å². The number of nitrogens with zero attached hydrogens (tertiary/aromatic N) is 1. The molecule has 0 aliphatic carbocycles. The van der Waals surface area contributed by atoms with Gasteiger partial charge in [0, 0.05) is 18.6 Å². The molecule has 15 heavy (non-hydrogen) atoms. The van der Waals surface area contributed by atoms with Gasteiger partial charge in [-0.25, -0.2) is 0 Å². The van der Waals surface area contributed by atoms with Gasteiger partial charge in [-0.1, -0.05) is 0 Å². The molecule has 0 aromatic rings. The van der Waals surface area contributed by atoms with E-state index < -0.39 is 12.7 Å². The zero-order chi connectivity index (χ0) is 11.5. The second-order valence-electron chi connectivity index (χ2n) is 3.95. The maximum atomic E-state index is 12.2. The van der Waals surface area contributed by atoms with Crippen LogP contribution in [0.1, 0.15) is 19.8 Å². The molecule has 6 heteroatoms. The quantitative estimate of drug-likeness (QED) is 0.729. The molecule has 0 aromatic heterocycles. The number of hydrogen-bond donors (Lipinski definition) is 1. The summed E-state index contributed by atoms with van der Waals surface area (Å²) >= 11 is 0. The predicted octanol–water partition coefficient (Wildman–Crippen LogP) is 1.15. The molecule has 1 fully saturated rings. The predicted molar refractivity (Wildman–Crippen MR) is 49.3 cm³/mol. The van der Waals surface area contributed by atoms with Crippen molar-refractivity contribution in [3.05, 3.63) is 0 Å². The van der Waals surface area contributed by atoms with Gasteiger partial charge in [0.05, 0.1) is 6.54 Å². The Bertz CT molecular complexity index is 220. The average Bonchev–Trinajstić information content (AvgIpc) is 2.09. The Kier molecular flexibility index (Phi) is 3.96. The Hall–Kier alpha value is -0.780. The third-order valence-electron chi connectivity index (χ3n) is 2.70. The molecular weight excluding hydrogens is 209 g/mol. The molecule has 1 N–H and O–H groups in total. The van der Waals surface area contributed by atoms with Crippen molar-refractivity contribution in [3.63, 3.8) is 0 Å². The van der Waals surface area contributed by atoms with Crippen LogP contribution in [0.5, 0.6) is 0 Å². The number of halogens is 3. The summed E-state index contributed by atoms with van der Waals surface area (Å²) in [5, 5.41) is 2.53. The van der Waals surface area contributed by atoms with Crippen LogP contribution in [0.4, 0.5) is 13.2 Å². The van der Waals surface area contributed by atoms with Crippen molar-refractivity contribution < 1.29 is 18.0 Å². The molecule has 1 aliphatic rings. The van der Waals surface area contributed by atoms with Crippen molar-refractivity contribution in [2.24, 2.45) is 0 Å². The highest BCUT2D eigenvalue weighted by Crippen LogP contribution is 2.23. The van der Waals surface area contributed by atoms with E-state index >= 15 is 0 Å². The fourth-order valence-electron chi connectivity index (χ4n) is 1.86. The lowest BCUT2D eigenvalue weighted by atomic mass is 9.99. The fraction of sp³-hybridized carbons (Fsp3) is 0.889. The summed E-state index contributed by atoms with van der Waals surface area (Å²) in [6, 6.07) is -0.225. The largest absolute Gasteiger partial charge is 0.401 e. The minimum absolute atomic E-state index is 0.0728. The van der Waals surface area contributed by atoms with Crippen molar-refractivity contribution in [2.45, 2.75) is 38.0 Å². The maximum Gasteiger partial charge on any atom is 0.401 e. The minimum atomic E-state index is -4.17. The number of amides is 1. The molecule has 0 spiro atoms. The summed E-state index contributed by atoms with van der Waals surface area (Å²) < 4.78 is 36.6. The van der Waals surface area contributed by atoms with Gasteiger partial charge in [0.25, 0.3) is 0 Å². The van der Waals surface area contributed by atoms with E-state index in [-0.39, 0.29) is 18.6 Å². The first-order valence-electron chi connectivity index (χ1n) is 4.93. The molecule has 1 rings (SSSR count). The van der Waals surface area contributed by atoms with Gasteiger partial charge in [0.1, 0.15) is 0 Å². The first-order valence-corrected chi connectivity index (χ1v) is 4.93. The van der Waals surface area contributed by atoms with Crippen LogP contribution in [0.25, 0.3) is 0 Å².